The number of carbonyl (C=O) groups excluding carboxylic acids is 1. The standard InChI is InChI=1S/C28H27FN2O3S2/c1-30(36(33,34)25-10-7-23(29)8-11-25)24-9-12-26-22(18-24)19-27(35-26)28(32)31-15-13-21(14-16-31)17-20-5-3-2-4-6-20/h2-12,18-19,21H,13-17H2,1H3. The van der Waals surface area contributed by atoms with Gasteiger partial charge in [0.05, 0.1) is 15.5 Å². The highest BCUT2D eigenvalue weighted by atomic mass is 32.2. The predicted octanol–water partition coefficient (Wildman–Crippen LogP) is 5.96. The largest absolute Gasteiger partial charge is 0.338 e. The number of benzene rings is 3. The number of nitrogens with zero attached hydrogens (tertiary/aromatic N) is 2. The maximum absolute atomic E-state index is 13.2. The highest BCUT2D eigenvalue weighted by Gasteiger charge is 2.26. The Bertz CT molecular complexity index is 1480. The average molecular weight is 523 g/mol. The number of hydrogen-bond acceptors (Lipinski definition) is 4. The Labute approximate surface area is 214 Å². The summed E-state index contributed by atoms with van der Waals surface area (Å²) in [5, 5.41) is 0.820. The summed E-state index contributed by atoms with van der Waals surface area (Å²) in [5.74, 6) is 0.122. The number of hydrogen-bond donors (Lipinski definition) is 0. The summed E-state index contributed by atoms with van der Waals surface area (Å²) in [6.45, 7) is 1.49. The van der Waals surface area contributed by atoms with Gasteiger partial charge in [-0.05, 0) is 84.7 Å². The van der Waals surface area contributed by atoms with Crippen molar-refractivity contribution in [2.24, 2.45) is 5.92 Å². The van der Waals surface area contributed by atoms with Crippen LogP contribution < -0.4 is 4.31 Å². The SMILES string of the molecule is CN(c1ccc2sc(C(=O)N3CCC(Cc4ccccc4)CC3)cc2c1)S(=O)(=O)c1ccc(F)cc1. The number of sulfonamides is 1. The van der Waals surface area contributed by atoms with Crippen LogP contribution in [0.15, 0.2) is 83.8 Å². The zero-order valence-electron chi connectivity index (χ0n) is 19.9. The Balaban J connectivity index is 1.28. The molecule has 1 aliphatic heterocycles. The highest BCUT2D eigenvalue weighted by Crippen LogP contribution is 2.32. The average Bonchev–Trinajstić information content (AvgIpc) is 3.32. The number of thiophene rings is 1. The quantitative estimate of drug-likeness (QED) is 0.314. The molecule has 5 rings (SSSR count). The fourth-order valence-corrected chi connectivity index (χ4v) is 6.88. The molecule has 1 amide bonds. The molecular formula is C28H27FN2O3S2. The fourth-order valence-electron chi connectivity index (χ4n) is 4.68. The van der Waals surface area contributed by atoms with Gasteiger partial charge in [0.15, 0.2) is 0 Å². The van der Waals surface area contributed by atoms with E-state index >= 15 is 0 Å². The Morgan fingerprint density at radius 3 is 2.39 bits per heavy atom. The molecule has 0 unspecified atom stereocenters. The normalized spacial score (nSPS) is 14.8. The van der Waals surface area contributed by atoms with Gasteiger partial charge in [-0.1, -0.05) is 30.3 Å². The molecule has 0 spiro atoms. The Morgan fingerprint density at radius 2 is 1.69 bits per heavy atom. The maximum atomic E-state index is 13.2. The third-order valence-corrected chi connectivity index (χ3v) is 9.72. The molecule has 36 heavy (non-hydrogen) atoms. The molecule has 4 aromatic rings. The van der Waals surface area contributed by atoms with E-state index in [2.05, 4.69) is 24.3 Å². The number of rotatable bonds is 6. The van der Waals surface area contributed by atoms with Crippen molar-refractivity contribution in [1.29, 1.82) is 0 Å². The van der Waals surface area contributed by atoms with Gasteiger partial charge in [0.25, 0.3) is 15.9 Å². The van der Waals surface area contributed by atoms with Crippen LogP contribution in [0.1, 0.15) is 28.1 Å². The molecule has 1 aromatic heterocycles. The van der Waals surface area contributed by atoms with Crippen molar-refractivity contribution >= 4 is 43.0 Å². The number of piperidine rings is 1. The first-order chi connectivity index (χ1) is 17.3. The number of fused-ring (bicyclic) bond motifs is 1. The van der Waals surface area contributed by atoms with Crippen molar-refractivity contribution < 1.29 is 17.6 Å². The monoisotopic (exact) mass is 522 g/mol. The molecule has 0 aliphatic carbocycles. The number of carbonyl (C=O) groups is 1. The summed E-state index contributed by atoms with van der Waals surface area (Å²) in [4.78, 5) is 15.8. The minimum atomic E-state index is -3.84. The molecule has 8 heteroatoms. The van der Waals surface area contributed by atoms with Gasteiger partial charge in [-0.15, -0.1) is 11.3 Å². The fraction of sp³-hybridized carbons (Fsp3) is 0.250. The van der Waals surface area contributed by atoms with E-state index in [0.29, 0.717) is 16.5 Å². The van der Waals surface area contributed by atoms with Gasteiger partial charge in [-0.25, -0.2) is 12.8 Å². The summed E-state index contributed by atoms with van der Waals surface area (Å²) in [6, 6.07) is 22.4. The van der Waals surface area contributed by atoms with Crippen molar-refractivity contribution in [2.75, 3.05) is 24.4 Å². The van der Waals surface area contributed by atoms with Crippen LogP contribution in [0, 0.1) is 11.7 Å². The number of amides is 1. The van der Waals surface area contributed by atoms with Crippen molar-refractivity contribution in [3.63, 3.8) is 0 Å². The molecule has 2 heterocycles. The first-order valence-corrected chi connectivity index (χ1v) is 14.2. The first-order valence-electron chi connectivity index (χ1n) is 11.9. The molecule has 0 saturated carbocycles. The molecule has 0 N–H and O–H groups in total. The molecule has 1 aliphatic rings. The first kappa shape index (κ1) is 24.5. The van der Waals surface area contributed by atoms with Crippen molar-refractivity contribution in [1.82, 2.24) is 4.90 Å². The number of likely N-dealkylation sites (tertiary alicyclic amines) is 1. The van der Waals surface area contributed by atoms with Crippen LogP contribution in [-0.2, 0) is 16.4 Å². The van der Waals surface area contributed by atoms with Gasteiger partial charge in [-0.3, -0.25) is 9.10 Å². The Kier molecular flexibility index (Phi) is 6.81. The van der Waals surface area contributed by atoms with Crippen LogP contribution in [0.25, 0.3) is 10.1 Å². The molecule has 3 aromatic carbocycles. The summed E-state index contributed by atoms with van der Waals surface area (Å²) < 4.78 is 41.3. The maximum Gasteiger partial charge on any atom is 0.264 e. The smallest absolute Gasteiger partial charge is 0.264 e. The van der Waals surface area contributed by atoms with E-state index in [1.807, 2.05) is 23.1 Å². The van der Waals surface area contributed by atoms with Crippen LogP contribution in [0.2, 0.25) is 0 Å². The summed E-state index contributed by atoms with van der Waals surface area (Å²) in [5.41, 5.74) is 1.82. The summed E-state index contributed by atoms with van der Waals surface area (Å²) in [6.07, 6.45) is 3.02. The minimum Gasteiger partial charge on any atom is -0.338 e. The summed E-state index contributed by atoms with van der Waals surface area (Å²) >= 11 is 1.43. The number of halogens is 1. The molecule has 5 nitrogen and oxygen atoms in total. The molecular weight excluding hydrogens is 495 g/mol. The third kappa shape index (κ3) is 5.01. The van der Waals surface area contributed by atoms with Crippen molar-refractivity contribution in [3.05, 3.63) is 95.1 Å². The van der Waals surface area contributed by atoms with Gasteiger partial charge in [0.2, 0.25) is 0 Å². The molecule has 0 bridgehead atoms. The molecule has 1 fully saturated rings. The van der Waals surface area contributed by atoms with E-state index in [1.165, 1.54) is 40.4 Å². The zero-order valence-corrected chi connectivity index (χ0v) is 21.6. The molecule has 0 atom stereocenters. The van der Waals surface area contributed by atoms with Crippen LogP contribution >= 0.6 is 11.3 Å². The lowest BCUT2D eigenvalue weighted by atomic mass is 9.90. The van der Waals surface area contributed by atoms with Gasteiger partial charge < -0.3 is 4.90 Å². The van der Waals surface area contributed by atoms with Crippen LogP contribution in [0.3, 0.4) is 0 Å². The van der Waals surface area contributed by atoms with Crippen molar-refractivity contribution in [3.8, 4) is 0 Å². The Hall–Kier alpha value is -3.23. The second-order valence-electron chi connectivity index (χ2n) is 9.18. The second kappa shape index (κ2) is 10.0. The third-order valence-electron chi connectivity index (χ3n) is 6.82. The lowest BCUT2D eigenvalue weighted by Gasteiger charge is -2.31. The molecule has 1 saturated heterocycles. The van der Waals surface area contributed by atoms with Crippen LogP contribution in [0.5, 0.6) is 0 Å². The topological polar surface area (TPSA) is 57.7 Å². The van der Waals surface area contributed by atoms with E-state index < -0.39 is 15.8 Å². The van der Waals surface area contributed by atoms with Gasteiger partial charge in [0.1, 0.15) is 5.82 Å². The van der Waals surface area contributed by atoms with E-state index in [0.717, 1.165) is 54.6 Å². The van der Waals surface area contributed by atoms with Gasteiger partial charge >= 0.3 is 0 Å². The van der Waals surface area contributed by atoms with Crippen molar-refractivity contribution in [2.45, 2.75) is 24.2 Å². The lowest BCUT2D eigenvalue weighted by molar-refractivity contribution is 0.0695. The van der Waals surface area contributed by atoms with E-state index in [1.54, 1.807) is 12.1 Å². The minimum absolute atomic E-state index is 0.0170. The zero-order chi connectivity index (χ0) is 25.3. The van der Waals surface area contributed by atoms with Gasteiger partial charge in [0, 0.05) is 24.8 Å². The summed E-state index contributed by atoms with van der Waals surface area (Å²) in [7, 11) is -2.37. The molecule has 186 valence electrons. The lowest BCUT2D eigenvalue weighted by Crippen LogP contribution is -2.38. The number of anilines is 1. The highest BCUT2D eigenvalue weighted by molar-refractivity contribution is 7.92. The Morgan fingerprint density at radius 1 is 1.00 bits per heavy atom. The molecule has 0 radical (unpaired) electrons. The van der Waals surface area contributed by atoms with Crippen LogP contribution in [-0.4, -0.2) is 39.4 Å². The van der Waals surface area contributed by atoms with Gasteiger partial charge in [-0.2, -0.15) is 0 Å². The van der Waals surface area contributed by atoms with Crippen LogP contribution in [0.4, 0.5) is 10.1 Å². The van der Waals surface area contributed by atoms with E-state index in [9.17, 15) is 17.6 Å². The predicted molar refractivity (Wildman–Crippen MR) is 143 cm³/mol. The second-order valence-corrected chi connectivity index (χ2v) is 12.2. The van der Waals surface area contributed by atoms with E-state index in [4.69, 9.17) is 0 Å². The van der Waals surface area contributed by atoms with E-state index in [-0.39, 0.29) is 10.8 Å².